The molecular formula is C9H12NO5P. The SMILES string of the molecule is N[C@@H](Cc1ccccc1)C(=O)OP(=O)(O)O. The molecule has 88 valence electrons. The zero-order valence-electron chi connectivity index (χ0n) is 8.31. The highest BCUT2D eigenvalue weighted by Gasteiger charge is 2.25. The fraction of sp³-hybridized carbons (Fsp3) is 0.222. The summed E-state index contributed by atoms with van der Waals surface area (Å²) in [6.45, 7) is 0. The number of nitrogens with two attached hydrogens (primary N) is 1. The van der Waals surface area contributed by atoms with Gasteiger partial charge in [0.15, 0.2) is 0 Å². The van der Waals surface area contributed by atoms with Crippen molar-refractivity contribution in [3.8, 4) is 0 Å². The van der Waals surface area contributed by atoms with Crippen molar-refractivity contribution in [3.05, 3.63) is 35.9 Å². The Morgan fingerprint density at radius 1 is 1.38 bits per heavy atom. The van der Waals surface area contributed by atoms with E-state index in [9.17, 15) is 9.36 Å². The maximum absolute atomic E-state index is 11.1. The fourth-order valence-electron chi connectivity index (χ4n) is 1.14. The highest BCUT2D eigenvalue weighted by molar-refractivity contribution is 7.46. The fourth-order valence-corrected chi connectivity index (χ4v) is 1.51. The molecule has 0 aliphatic rings. The van der Waals surface area contributed by atoms with Crippen molar-refractivity contribution in [2.45, 2.75) is 12.5 Å². The molecule has 0 aliphatic heterocycles. The van der Waals surface area contributed by atoms with E-state index in [2.05, 4.69) is 4.52 Å². The van der Waals surface area contributed by atoms with Gasteiger partial charge in [0, 0.05) is 0 Å². The molecule has 0 fully saturated rings. The molecule has 16 heavy (non-hydrogen) atoms. The van der Waals surface area contributed by atoms with E-state index >= 15 is 0 Å². The second-order valence-electron chi connectivity index (χ2n) is 3.20. The number of carbonyl (C=O) groups is 1. The van der Waals surface area contributed by atoms with Gasteiger partial charge in [0.25, 0.3) is 0 Å². The number of benzene rings is 1. The lowest BCUT2D eigenvalue weighted by atomic mass is 10.1. The summed E-state index contributed by atoms with van der Waals surface area (Å²) in [5.41, 5.74) is 6.23. The third-order valence-electron chi connectivity index (χ3n) is 1.81. The van der Waals surface area contributed by atoms with Crippen molar-refractivity contribution in [1.82, 2.24) is 0 Å². The van der Waals surface area contributed by atoms with E-state index in [-0.39, 0.29) is 6.42 Å². The van der Waals surface area contributed by atoms with Crippen LogP contribution in [0.4, 0.5) is 0 Å². The van der Waals surface area contributed by atoms with Gasteiger partial charge in [0.05, 0.1) is 0 Å². The van der Waals surface area contributed by atoms with Crippen molar-refractivity contribution in [2.75, 3.05) is 0 Å². The van der Waals surface area contributed by atoms with Crippen LogP contribution in [-0.2, 0) is 20.3 Å². The number of hydrogen-bond donors (Lipinski definition) is 3. The predicted molar refractivity (Wildman–Crippen MR) is 56.3 cm³/mol. The van der Waals surface area contributed by atoms with E-state index in [1.165, 1.54) is 0 Å². The topological polar surface area (TPSA) is 110 Å². The van der Waals surface area contributed by atoms with Crippen LogP contribution in [0.25, 0.3) is 0 Å². The standard InChI is InChI=1S/C9H12NO5P/c10-8(9(11)15-16(12,13)14)6-7-4-2-1-3-5-7/h1-5,8H,6,10H2,(H2,12,13,14)/t8-/m0/s1. The van der Waals surface area contributed by atoms with E-state index in [4.69, 9.17) is 15.5 Å². The summed E-state index contributed by atoms with van der Waals surface area (Å²) in [4.78, 5) is 28.0. The smallest absolute Gasteiger partial charge is 0.369 e. The lowest BCUT2D eigenvalue weighted by Crippen LogP contribution is -2.33. The molecule has 1 atom stereocenters. The van der Waals surface area contributed by atoms with Gasteiger partial charge in [-0.1, -0.05) is 30.3 Å². The third-order valence-corrected chi connectivity index (χ3v) is 2.23. The normalized spacial score (nSPS) is 13.2. The lowest BCUT2D eigenvalue weighted by molar-refractivity contribution is -0.137. The van der Waals surface area contributed by atoms with Crippen LogP contribution in [0.1, 0.15) is 5.56 Å². The molecule has 4 N–H and O–H groups in total. The molecule has 0 aromatic heterocycles. The van der Waals surface area contributed by atoms with Crippen molar-refractivity contribution >= 4 is 13.8 Å². The van der Waals surface area contributed by atoms with Crippen molar-refractivity contribution in [2.24, 2.45) is 5.73 Å². The molecule has 0 amide bonds. The van der Waals surface area contributed by atoms with Gasteiger partial charge in [-0.05, 0) is 12.0 Å². The highest BCUT2D eigenvalue weighted by atomic mass is 31.2. The molecular weight excluding hydrogens is 233 g/mol. The number of phosphoric ester groups is 1. The van der Waals surface area contributed by atoms with Crippen LogP contribution in [0.2, 0.25) is 0 Å². The van der Waals surface area contributed by atoms with Gasteiger partial charge in [-0.3, -0.25) is 9.79 Å². The molecule has 0 bridgehead atoms. The Labute approximate surface area is 92.3 Å². The van der Waals surface area contributed by atoms with Gasteiger partial charge in [-0.2, -0.15) is 0 Å². The summed E-state index contributed by atoms with van der Waals surface area (Å²) in [5, 5.41) is 0. The van der Waals surface area contributed by atoms with Crippen LogP contribution >= 0.6 is 7.82 Å². The van der Waals surface area contributed by atoms with Gasteiger partial charge < -0.3 is 10.3 Å². The highest BCUT2D eigenvalue weighted by Crippen LogP contribution is 2.36. The van der Waals surface area contributed by atoms with E-state index in [1.807, 2.05) is 6.07 Å². The number of rotatable bonds is 4. The minimum absolute atomic E-state index is 0.166. The summed E-state index contributed by atoms with van der Waals surface area (Å²) in [6, 6.07) is 7.78. The summed E-state index contributed by atoms with van der Waals surface area (Å²) in [7, 11) is -4.81. The summed E-state index contributed by atoms with van der Waals surface area (Å²) in [5.74, 6) is -1.11. The molecule has 1 aromatic rings. The van der Waals surface area contributed by atoms with Gasteiger partial charge in [-0.15, -0.1) is 0 Å². The van der Waals surface area contributed by atoms with Gasteiger partial charge in [-0.25, -0.2) is 9.36 Å². The molecule has 7 heteroatoms. The first-order valence-corrected chi connectivity index (χ1v) is 6.00. The summed E-state index contributed by atoms with van der Waals surface area (Å²) in [6.07, 6.45) is 0.166. The summed E-state index contributed by atoms with van der Waals surface area (Å²) >= 11 is 0. The van der Waals surface area contributed by atoms with E-state index < -0.39 is 19.8 Å². The zero-order chi connectivity index (χ0) is 12.2. The predicted octanol–water partition coefficient (Wildman–Crippen LogP) is 0.192. The first-order chi connectivity index (χ1) is 7.38. The summed E-state index contributed by atoms with van der Waals surface area (Å²) < 4.78 is 14.3. The minimum Gasteiger partial charge on any atom is -0.369 e. The first-order valence-electron chi connectivity index (χ1n) is 4.47. The lowest BCUT2D eigenvalue weighted by Gasteiger charge is -2.11. The Morgan fingerprint density at radius 2 is 1.94 bits per heavy atom. The Morgan fingerprint density at radius 3 is 2.44 bits per heavy atom. The van der Waals surface area contributed by atoms with Crippen LogP contribution in [-0.4, -0.2) is 21.8 Å². The average molecular weight is 245 g/mol. The molecule has 0 unspecified atom stereocenters. The van der Waals surface area contributed by atoms with E-state index in [0.29, 0.717) is 0 Å². The number of carbonyl (C=O) groups excluding carboxylic acids is 1. The Balaban J connectivity index is 2.56. The molecule has 1 rings (SSSR count). The zero-order valence-corrected chi connectivity index (χ0v) is 9.21. The molecule has 0 spiro atoms. The van der Waals surface area contributed by atoms with E-state index in [1.54, 1.807) is 24.3 Å². The molecule has 0 aliphatic carbocycles. The molecule has 1 aromatic carbocycles. The molecule has 0 saturated carbocycles. The van der Waals surface area contributed by atoms with Gasteiger partial charge >= 0.3 is 13.8 Å². The Hall–Kier alpha value is -1.20. The largest absolute Gasteiger partial charge is 0.527 e. The first kappa shape index (κ1) is 12.9. The monoisotopic (exact) mass is 245 g/mol. The van der Waals surface area contributed by atoms with Crippen LogP contribution < -0.4 is 5.73 Å². The average Bonchev–Trinajstić information content (AvgIpc) is 2.16. The third kappa shape index (κ3) is 4.55. The molecule has 0 heterocycles. The second kappa shape index (κ2) is 5.23. The molecule has 6 nitrogen and oxygen atoms in total. The van der Waals surface area contributed by atoms with Crippen LogP contribution in [0, 0.1) is 0 Å². The van der Waals surface area contributed by atoms with Gasteiger partial charge in [0.2, 0.25) is 0 Å². The maximum atomic E-state index is 11.1. The van der Waals surface area contributed by atoms with Gasteiger partial charge in [0.1, 0.15) is 6.04 Å². The molecule has 0 saturated heterocycles. The van der Waals surface area contributed by atoms with Crippen molar-refractivity contribution in [1.29, 1.82) is 0 Å². The van der Waals surface area contributed by atoms with Crippen LogP contribution in [0.15, 0.2) is 30.3 Å². The van der Waals surface area contributed by atoms with E-state index in [0.717, 1.165) is 5.56 Å². The van der Waals surface area contributed by atoms with Crippen molar-refractivity contribution in [3.63, 3.8) is 0 Å². The quantitative estimate of drug-likeness (QED) is 0.653. The maximum Gasteiger partial charge on any atom is 0.527 e. The number of hydrogen-bond acceptors (Lipinski definition) is 4. The number of phosphoric acid groups is 1. The van der Waals surface area contributed by atoms with Crippen molar-refractivity contribution < 1.29 is 23.7 Å². The van der Waals surface area contributed by atoms with Crippen LogP contribution in [0.5, 0.6) is 0 Å². The Bertz CT molecular complexity index is 402. The van der Waals surface area contributed by atoms with Crippen LogP contribution in [0.3, 0.4) is 0 Å². The minimum atomic E-state index is -4.81. The Kier molecular flexibility index (Phi) is 4.20. The molecule has 0 radical (unpaired) electrons. The second-order valence-corrected chi connectivity index (χ2v) is 4.36.